The number of hydrogen-bond donors (Lipinski definition) is 2. The number of ether oxygens (including phenoxy) is 2. The maximum atomic E-state index is 8.74. The van der Waals surface area contributed by atoms with Crippen molar-refractivity contribution in [3.05, 3.63) is 89.5 Å². The minimum absolute atomic E-state index is 0.189. The van der Waals surface area contributed by atoms with Crippen LogP contribution in [0.15, 0.2) is 72.8 Å². The van der Waals surface area contributed by atoms with E-state index in [-0.39, 0.29) is 5.75 Å². The van der Waals surface area contributed by atoms with Crippen LogP contribution >= 0.6 is 0 Å². The smallest absolute Gasteiger partial charge is 0.119 e. The molecule has 6 heteroatoms. The second kappa shape index (κ2) is 16.8. The van der Waals surface area contributed by atoms with Crippen molar-refractivity contribution in [2.75, 3.05) is 13.2 Å². The lowest BCUT2D eigenvalue weighted by molar-refractivity contribution is 0.242. The molecule has 3 rings (SSSR count). The van der Waals surface area contributed by atoms with Crippen molar-refractivity contribution >= 4 is 0 Å². The second-order valence-corrected chi connectivity index (χ2v) is 11.5. The fourth-order valence-electron chi connectivity index (χ4n) is 2.83. The van der Waals surface area contributed by atoms with E-state index in [1.165, 1.54) is 12.1 Å². The topological polar surface area (TPSA) is 112 Å². The van der Waals surface area contributed by atoms with Gasteiger partial charge in [0.2, 0.25) is 0 Å². The van der Waals surface area contributed by atoms with Gasteiger partial charge in [0.25, 0.3) is 0 Å². The molecular weight excluding hydrogens is 486 g/mol. The lowest BCUT2D eigenvalue weighted by Crippen LogP contribution is -2.11. The minimum Gasteiger partial charge on any atom is -0.508 e. The van der Waals surface area contributed by atoms with Gasteiger partial charge in [-0.05, 0) is 89.9 Å². The number of nitrogens with two attached hydrogens (primary N) is 1. The number of phenolic OH excluding ortho intramolecular Hbond substituents is 1. The normalized spacial score (nSPS) is 10.5. The Balaban J connectivity index is 0.000000302. The Morgan fingerprint density at radius 1 is 0.641 bits per heavy atom. The third-order valence-corrected chi connectivity index (χ3v) is 5.38. The van der Waals surface area contributed by atoms with Gasteiger partial charge in [0.15, 0.2) is 0 Å². The van der Waals surface area contributed by atoms with E-state index in [1.807, 2.05) is 42.5 Å². The van der Waals surface area contributed by atoms with E-state index in [2.05, 4.69) is 47.6 Å². The molecule has 0 saturated carbocycles. The maximum absolute atomic E-state index is 8.74. The van der Waals surface area contributed by atoms with Gasteiger partial charge in [0.1, 0.15) is 17.2 Å². The van der Waals surface area contributed by atoms with E-state index in [0.29, 0.717) is 28.5 Å². The molecule has 6 nitrogen and oxygen atoms in total. The summed E-state index contributed by atoms with van der Waals surface area (Å²) in [7, 11) is 0. The second-order valence-electron chi connectivity index (χ2n) is 11.5. The van der Waals surface area contributed by atoms with Crippen LogP contribution in [0.4, 0.5) is 0 Å². The molecule has 0 spiro atoms. The Kier molecular flexibility index (Phi) is 14.2. The van der Waals surface area contributed by atoms with Crippen LogP contribution in [0.3, 0.4) is 0 Å². The number of rotatable bonds is 7. The zero-order chi connectivity index (χ0) is 29.3. The molecule has 0 fully saturated rings. The minimum atomic E-state index is 0.189. The van der Waals surface area contributed by atoms with Gasteiger partial charge in [-0.3, -0.25) is 0 Å². The summed E-state index contributed by atoms with van der Waals surface area (Å²) >= 11 is 0. The highest BCUT2D eigenvalue weighted by Gasteiger charge is 2.10. The van der Waals surface area contributed by atoms with Gasteiger partial charge in [-0.1, -0.05) is 53.7 Å². The van der Waals surface area contributed by atoms with E-state index in [4.69, 9.17) is 30.8 Å². The molecule has 0 aromatic heterocycles. The lowest BCUT2D eigenvalue weighted by atomic mass is 9.93. The summed E-state index contributed by atoms with van der Waals surface area (Å²) in [6, 6.07) is 25.3. The Hall–Kier alpha value is -4.00. The zero-order valence-electron chi connectivity index (χ0n) is 24.2. The van der Waals surface area contributed by atoms with Crippen molar-refractivity contribution in [3.63, 3.8) is 0 Å². The molecule has 0 bridgehead atoms. The standard InChI is InChI=1S/C13H21NO.C13H17NO.C7H5NO/c2*1-13(2,3)8-9-15-12-6-4-11(10-14)5-7-12;8-5-6-1-3-7(9)4-2-6/h4-7H,8-10,14H2,1-3H3;4-7H,8-9H2,1-3H3;1-4,9H. The first-order chi connectivity index (χ1) is 18.3. The predicted octanol–water partition coefficient (Wildman–Crippen LogP) is 7.60. The van der Waals surface area contributed by atoms with Crippen molar-refractivity contribution in [2.45, 2.75) is 60.9 Å². The Morgan fingerprint density at radius 3 is 1.33 bits per heavy atom. The SMILES string of the molecule is CC(C)(C)CCOc1ccc(C#N)cc1.CC(C)(C)CCOc1ccc(CN)cc1.N#Cc1ccc(O)cc1. The quantitative estimate of drug-likeness (QED) is 0.326. The lowest BCUT2D eigenvalue weighted by Gasteiger charge is -2.18. The fraction of sp³-hybridized carbons (Fsp3) is 0.394. The molecule has 3 aromatic carbocycles. The summed E-state index contributed by atoms with van der Waals surface area (Å²) in [6.45, 7) is 15.3. The summed E-state index contributed by atoms with van der Waals surface area (Å²) in [5, 5.41) is 25.7. The van der Waals surface area contributed by atoms with Gasteiger partial charge in [-0.15, -0.1) is 0 Å². The Labute approximate surface area is 234 Å². The fourth-order valence-corrected chi connectivity index (χ4v) is 2.83. The summed E-state index contributed by atoms with van der Waals surface area (Å²) in [5.74, 6) is 1.95. The van der Waals surface area contributed by atoms with Crippen LogP contribution in [-0.4, -0.2) is 18.3 Å². The van der Waals surface area contributed by atoms with Gasteiger partial charge in [0, 0.05) is 6.54 Å². The molecular formula is C33H43N3O3. The zero-order valence-corrected chi connectivity index (χ0v) is 24.2. The van der Waals surface area contributed by atoms with Crippen LogP contribution in [0.2, 0.25) is 0 Å². The van der Waals surface area contributed by atoms with Gasteiger partial charge in [-0.2, -0.15) is 10.5 Å². The molecule has 208 valence electrons. The van der Waals surface area contributed by atoms with E-state index < -0.39 is 0 Å². The molecule has 0 radical (unpaired) electrons. The van der Waals surface area contributed by atoms with Crippen molar-refractivity contribution < 1.29 is 14.6 Å². The molecule has 3 aromatic rings. The highest BCUT2D eigenvalue weighted by atomic mass is 16.5. The number of benzene rings is 3. The summed E-state index contributed by atoms with van der Waals surface area (Å²) in [5.41, 5.74) is 8.51. The number of hydrogen-bond acceptors (Lipinski definition) is 6. The van der Waals surface area contributed by atoms with Gasteiger partial charge in [-0.25, -0.2) is 0 Å². The highest BCUT2D eigenvalue weighted by molar-refractivity contribution is 5.35. The van der Waals surface area contributed by atoms with Crippen LogP contribution in [-0.2, 0) is 6.54 Å². The van der Waals surface area contributed by atoms with Gasteiger partial charge < -0.3 is 20.3 Å². The molecule has 0 saturated heterocycles. The Bertz CT molecular complexity index is 1160. The summed E-state index contributed by atoms with van der Waals surface area (Å²) < 4.78 is 11.2. The van der Waals surface area contributed by atoms with E-state index >= 15 is 0 Å². The van der Waals surface area contributed by atoms with Gasteiger partial charge in [0.05, 0.1) is 36.5 Å². The van der Waals surface area contributed by atoms with Gasteiger partial charge >= 0.3 is 0 Å². The van der Waals surface area contributed by atoms with Crippen LogP contribution in [0.1, 0.15) is 71.1 Å². The number of phenols is 1. The molecule has 39 heavy (non-hydrogen) atoms. The van der Waals surface area contributed by atoms with Crippen molar-refractivity contribution in [2.24, 2.45) is 16.6 Å². The first kappa shape index (κ1) is 33.0. The molecule has 0 atom stereocenters. The largest absolute Gasteiger partial charge is 0.508 e. The monoisotopic (exact) mass is 529 g/mol. The average Bonchev–Trinajstić information content (AvgIpc) is 2.89. The number of nitriles is 2. The molecule has 0 amide bonds. The van der Waals surface area contributed by atoms with Crippen molar-refractivity contribution in [1.29, 1.82) is 10.5 Å². The van der Waals surface area contributed by atoms with Crippen molar-refractivity contribution in [3.8, 4) is 29.4 Å². The van der Waals surface area contributed by atoms with E-state index in [9.17, 15) is 0 Å². The molecule has 0 aliphatic rings. The summed E-state index contributed by atoms with van der Waals surface area (Å²) in [4.78, 5) is 0. The first-order valence-corrected chi connectivity index (χ1v) is 13.1. The van der Waals surface area contributed by atoms with Crippen LogP contribution in [0, 0.1) is 33.5 Å². The molecule has 3 N–H and O–H groups in total. The number of nitrogens with zero attached hydrogens (tertiary/aromatic N) is 2. The van der Waals surface area contributed by atoms with Crippen LogP contribution < -0.4 is 15.2 Å². The molecule has 0 aliphatic carbocycles. The predicted molar refractivity (Wildman–Crippen MR) is 157 cm³/mol. The van der Waals surface area contributed by atoms with Crippen LogP contribution in [0.25, 0.3) is 0 Å². The van der Waals surface area contributed by atoms with E-state index in [0.717, 1.165) is 43.1 Å². The molecule has 0 aliphatic heterocycles. The first-order valence-electron chi connectivity index (χ1n) is 13.1. The van der Waals surface area contributed by atoms with E-state index in [1.54, 1.807) is 24.3 Å². The average molecular weight is 530 g/mol. The number of aromatic hydroxyl groups is 1. The summed E-state index contributed by atoms with van der Waals surface area (Å²) in [6.07, 6.45) is 2.08. The van der Waals surface area contributed by atoms with Crippen molar-refractivity contribution in [1.82, 2.24) is 0 Å². The maximum Gasteiger partial charge on any atom is 0.119 e. The third kappa shape index (κ3) is 16.5. The Morgan fingerprint density at radius 2 is 1.00 bits per heavy atom. The highest BCUT2D eigenvalue weighted by Crippen LogP contribution is 2.20. The molecule has 0 heterocycles. The third-order valence-electron chi connectivity index (χ3n) is 5.38. The van der Waals surface area contributed by atoms with Crippen LogP contribution in [0.5, 0.6) is 17.2 Å². The molecule has 0 unspecified atom stereocenters.